The molecule has 0 fully saturated rings. The van der Waals surface area contributed by atoms with E-state index in [1.54, 1.807) is 3.97 Å². The van der Waals surface area contributed by atoms with Crippen LogP contribution in [0.5, 0.6) is 0 Å². The number of rotatable bonds is 3. The van der Waals surface area contributed by atoms with Crippen LogP contribution in [-0.4, -0.2) is 13.2 Å². The van der Waals surface area contributed by atoms with E-state index in [2.05, 4.69) is 39.1 Å². The van der Waals surface area contributed by atoms with Crippen molar-refractivity contribution in [1.29, 1.82) is 0 Å². The Kier molecular flexibility index (Phi) is 4.27. The van der Waals surface area contributed by atoms with Crippen molar-refractivity contribution in [3.63, 3.8) is 0 Å². The minimum absolute atomic E-state index is 0.700. The summed E-state index contributed by atoms with van der Waals surface area (Å²) in [7, 11) is -1.34. The first kappa shape index (κ1) is 16.2. The number of aromatic nitrogens is 2. The van der Waals surface area contributed by atoms with E-state index >= 15 is 0 Å². The van der Waals surface area contributed by atoms with Crippen LogP contribution in [0.1, 0.15) is 5.56 Å². The van der Waals surface area contributed by atoms with Crippen LogP contribution in [0.4, 0.5) is 0 Å². The van der Waals surface area contributed by atoms with Crippen LogP contribution >= 0.6 is 15.9 Å². The number of pyridine rings is 1. The number of aryl methyl sites for hydroxylation is 1. The van der Waals surface area contributed by atoms with Gasteiger partial charge in [-0.2, -0.15) is 0 Å². The van der Waals surface area contributed by atoms with Gasteiger partial charge in [0.25, 0.3) is 0 Å². The summed E-state index contributed by atoms with van der Waals surface area (Å²) in [6.45, 7) is 2.01. The molecule has 0 N–H and O–H groups in total. The summed E-state index contributed by atoms with van der Waals surface area (Å²) in [5.41, 5.74) is 3.99. The third-order valence-corrected chi connectivity index (χ3v) is 6.01. The van der Waals surface area contributed by atoms with Gasteiger partial charge in [-0.25, -0.2) is 13.2 Å². The molecule has 0 radical (unpaired) electrons. The predicted molar refractivity (Wildman–Crippen MR) is 106 cm³/mol. The largest absolute Gasteiger partial charge is 0.245 e. The maximum Gasteiger partial charge on any atom is 0.158 e. The molecular formula is C20H15BrN2OS. The Hall–Kier alpha value is -2.24. The Bertz CT molecular complexity index is 1070. The summed E-state index contributed by atoms with van der Waals surface area (Å²) < 4.78 is 15.5. The lowest BCUT2D eigenvalue weighted by atomic mass is 10.1. The van der Waals surface area contributed by atoms with Crippen molar-refractivity contribution >= 4 is 37.9 Å². The zero-order valence-corrected chi connectivity index (χ0v) is 15.9. The first-order valence-electron chi connectivity index (χ1n) is 7.84. The van der Waals surface area contributed by atoms with Crippen molar-refractivity contribution in [2.24, 2.45) is 0 Å². The molecule has 124 valence electrons. The molecule has 2 heterocycles. The van der Waals surface area contributed by atoms with Gasteiger partial charge in [0.2, 0.25) is 0 Å². The lowest BCUT2D eigenvalue weighted by Gasteiger charge is -2.06. The molecule has 0 spiro atoms. The lowest BCUT2D eigenvalue weighted by molar-refractivity contribution is 0.678. The molecule has 4 aromatic rings. The highest BCUT2D eigenvalue weighted by molar-refractivity contribution is 9.10. The zero-order valence-electron chi connectivity index (χ0n) is 13.5. The Morgan fingerprint density at radius 2 is 1.72 bits per heavy atom. The number of nitrogens with zero attached hydrogens (tertiary/aromatic N) is 2. The van der Waals surface area contributed by atoms with Crippen LogP contribution in [0.2, 0.25) is 0 Å². The molecule has 2 aromatic heterocycles. The quantitative estimate of drug-likeness (QED) is 0.456. The van der Waals surface area contributed by atoms with E-state index in [1.165, 1.54) is 0 Å². The van der Waals surface area contributed by atoms with Crippen molar-refractivity contribution in [3.05, 3.63) is 83.1 Å². The zero-order chi connectivity index (χ0) is 17.4. The van der Waals surface area contributed by atoms with Crippen molar-refractivity contribution in [3.8, 4) is 11.1 Å². The van der Waals surface area contributed by atoms with E-state index in [9.17, 15) is 4.21 Å². The van der Waals surface area contributed by atoms with E-state index in [0.717, 1.165) is 31.4 Å². The van der Waals surface area contributed by atoms with Crippen molar-refractivity contribution in [1.82, 2.24) is 8.96 Å². The van der Waals surface area contributed by atoms with Gasteiger partial charge in [0.05, 0.1) is 4.90 Å². The molecule has 0 bridgehead atoms. The summed E-state index contributed by atoms with van der Waals surface area (Å²) in [5, 5.41) is 0.946. The normalized spacial score (nSPS) is 12.4. The van der Waals surface area contributed by atoms with Crippen LogP contribution in [0, 0.1) is 6.92 Å². The Morgan fingerprint density at radius 3 is 2.44 bits per heavy atom. The first-order valence-corrected chi connectivity index (χ1v) is 9.74. The number of halogens is 1. The highest BCUT2D eigenvalue weighted by atomic mass is 79.9. The fraction of sp³-hybridized carbons (Fsp3) is 0.0500. The molecule has 0 saturated heterocycles. The fourth-order valence-electron chi connectivity index (χ4n) is 2.73. The van der Waals surface area contributed by atoms with Gasteiger partial charge < -0.3 is 0 Å². The SMILES string of the molecule is Cc1ccc(S(=O)n2cc(Br)c3cc(-c4ccccc4)cnc32)cc1. The van der Waals surface area contributed by atoms with E-state index in [4.69, 9.17) is 0 Å². The van der Waals surface area contributed by atoms with Crippen LogP contribution in [0.25, 0.3) is 22.2 Å². The van der Waals surface area contributed by atoms with Crippen molar-refractivity contribution < 1.29 is 4.21 Å². The van der Waals surface area contributed by atoms with E-state index < -0.39 is 11.0 Å². The summed E-state index contributed by atoms with van der Waals surface area (Å²) in [4.78, 5) is 5.34. The average Bonchev–Trinajstić information content (AvgIpc) is 2.99. The molecule has 0 aliphatic heterocycles. The molecule has 0 amide bonds. The minimum Gasteiger partial charge on any atom is -0.245 e. The van der Waals surface area contributed by atoms with Crippen LogP contribution in [-0.2, 0) is 11.0 Å². The second kappa shape index (κ2) is 6.58. The molecular weight excluding hydrogens is 396 g/mol. The van der Waals surface area contributed by atoms with Crippen molar-refractivity contribution in [2.75, 3.05) is 0 Å². The van der Waals surface area contributed by atoms with Gasteiger partial charge in [-0.3, -0.25) is 0 Å². The first-order chi connectivity index (χ1) is 12.1. The Labute approximate surface area is 157 Å². The second-order valence-corrected chi connectivity index (χ2v) is 8.04. The van der Waals surface area contributed by atoms with E-state index in [-0.39, 0.29) is 0 Å². The third kappa shape index (κ3) is 3.05. The van der Waals surface area contributed by atoms with Gasteiger partial charge in [0.1, 0.15) is 0 Å². The molecule has 2 aromatic carbocycles. The average molecular weight is 411 g/mol. The smallest absolute Gasteiger partial charge is 0.158 e. The topological polar surface area (TPSA) is 34.9 Å². The maximum atomic E-state index is 13.0. The molecule has 4 rings (SSSR count). The molecule has 0 saturated carbocycles. The number of benzene rings is 2. The number of hydrogen-bond donors (Lipinski definition) is 0. The maximum absolute atomic E-state index is 13.0. The van der Waals surface area contributed by atoms with E-state index in [0.29, 0.717) is 5.65 Å². The van der Waals surface area contributed by atoms with Gasteiger partial charge in [0, 0.05) is 27.8 Å². The fourth-order valence-corrected chi connectivity index (χ4v) is 4.46. The van der Waals surface area contributed by atoms with E-state index in [1.807, 2.05) is 61.8 Å². The Morgan fingerprint density at radius 1 is 1.00 bits per heavy atom. The van der Waals surface area contributed by atoms with Crippen LogP contribution in [0.3, 0.4) is 0 Å². The minimum atomic E-state index is -1.34. The molecule has 25 heavy (non-hydrogen) atoms. The molecule has 3 nitrogen and oxygen atoms in total. The monoisotopic (exact) mass is 410 g/mol. The molecule has 0 aliphatic rings. The van der Waals surface area contributed by atoms with Crippen molar-refractivity contribution in [2.45, 2.75) is 11.8 Å². The molecule has 1 atom stereocenters. The Balaban J connectivity index is 1.81. The van der Waals surface area contributed by atoms with Gasteiger partial charge in [-0.15, -0.1) is 0 Å². The third-order valence-electron chi connectivity index (χ3n) is 4.07. The number of hydrogen-bond acceptors (Lipinski definition) is 2. The van der Waals surface area contributed by atoms with Crippen LogP contribution < -0.4 is 0 Å². The number of fused-ring (bicyclic) bond motifs is 1. The van der Waals surface area contributed by atoms with Gasteiger partial charge >= 0.3 is 0 Å². The highest BCUT2D eigenvalue weighted by Gasteiger charge is 2.15. The lowest BCUT2D eigenvalue weighted by Crippen LogP contribution is -2.04. The van der Waals surface area contributed by atoms with Gasteiger partial charge in [-0.1, -0.05) is 48.0 Å². The standard InChI is InChI=1S/C20H15BrN2OS/c1-14-7-9-17(10-8-14)25(24)23-13-19(21)18-11-16(12-22-20(18)23)15-5-3-2-4-6-15/h2-13H,1H3. The predicted octanol–water partition coefficient (Wildman–Crippen LogP) is 5.35. The van der Waals surface area contributed by atoms with Crippen LogP contribution in [0.15, 0.2) is 82.4 Å². The summed E-state index contributed by atoms with van der Waals surface area (Å²) in [6, 6.07) is 19.9. The van der Waals surface area contributed by atoms with Gasteiger partial charge in [0.15, 0.2) is 16.6 Å². The summed E-state index contributed by atoms with van der Waals surface area (Å²) in [6.07, 6.45) is 3.66. The van der Waals surface area contributed by atoms with Gasteiger partial charge in [-0.05, 0) is 46.6 Å². The molecule has 0 aliphatic carbocycles. The highest BCUT2D eigenvalue weighted by Crippen LogP contribution is 2.30. The summed E-state index contributed by atoms with van der Waals surface area (Å²) in [5.74, 6) is 0. The molecule has 5 heteroatoms. The summed E-state index contributed by atoms with van der Waals surface area (Å²) >= 11 is 3.58. The molecule has 1 unspecified atom stereocenters. The second-order valence-electron chi connectivity index (χ2n) is 5.83.